The Bertz CT molecular complexity index is 1150. The first kappa shape index (κ1) is 24.0. The van der Waals surface area contributed by atoms with Crippen molar-refractivity contribution in [2.75, 3.05) is 0 Å². The normalized spacial score (nSPS) is 17.9. The number of allylic oxidation sites excluding steroid dienone is 1. The van der Waals surface area contributed by atoms with Gasteiger partial charge in [0, 0.05) is 11.5 Å². The molecule has 0 unspecified atom stereocenters. The van der Waals surface area contributed by atoms with Crippen LogP contribution in [0.3, 0.4) is 0 Å². The van der Waals surface area contributed by atoms with Gasteiger partial charge in [0.05, 0.1) is 0 Å². The van der Waals surface area contributed by atoms with Gasteiger partial charge in [-0.15, -0.1) is 0 Å². The molecule has 0 N–H and O–H groups in total. The minimum Gasteiger partial charge on any atom is -0.534 e. The van der Waals surface area contributed by atoms with E-state index in [1.54, 1.807) is 6.92 Å². The summed E-state index contributed by atoms with van der Waals surface area (Å²) in [7, 11) is -2.75. The minimum atomic E-state index is -2.75. The molecule has 1 aliphatic rings. The molecule has 2 atom stereocenters. The van der Waals surface area contributed by atoms with Gasteiger partial charge in [-0.2, -0.15) is 0 Å². The summed E-state index contributed by atoms with van der Waals surface area (Å²) < 4.78 is 13.4. The Kier molecular flexibility index (Phi) is 6.55. The summed E-state index contributed by atoms with van der Waals surface area (Å²) in [5.41, 5.74) is 2.04. The molecule has 0 aromatic heterocycles. The Morgan fingerprint density at radius 1 is 0.912 bits per heavy atom. The molecule has 0 amide bonds. The number of fused-ring (bicyclic) bond motifs is 1. The van der Waals surface area contributed by atoms with Gasteiger partial charge in [0.2, 0.25) is 0 Å². The number of carbonyl (C=O) groups is 1. The van der Waals surface area contributed by atoms with Crippen LogP contribution in [-0.2, 0) is 4.79 Å². The molecule has 0 spiro atoms. The third-order valence-corrected chi connectivity index (χ3v) is 11.6. The summed E-state index contributed by atoms with van der Waals surface area (Å²) in [6.07, 6.45) is 3.37. The molecule has 4 heteroatoms. The standard InChI is InChI=1S/C30H34O3Si/c1-21-17-18-27(23(3)31)32-29-19-22(2)28(20-26(21)29)33-34(30(4,5)6,24-13-9-7-10-14-24)25-15-11-8-12-16-25/h7-21,27H,1-6H3/t21-,27-/m1/s1. The molecule has 0 fully saturated rings. The lowest BCUT2D eigenvalue weighted by Crippen LogP contribution is -2.68. The Labute approximate surface area is 204 Å². The summed E-state index contributed by atoms with van der Waals surface area (Å²) in [5, 5.41) is 2.35. The molecule has 3 nitrogen and oxygen atoms in total. The monoisotopic (exact) mass is 470 g/mol. The highest BCUT2D eigenvalue weighted by Crippen LogP contribution is 2.41. The average Bonchev–Trinajstić information content (AvgIpc) is 2.96. The van der Waals surface area contributed by atoms with Crippen LogP contribution in [0.5, 0.6) is 11.5 Å². The van der Waals surface area contributed by atoms with E-state index in [-0.39, 0.29) is 16.7 Å². The highest BCUT2D eigenvalue weighted by atomic mass is 28.4. The number of benzene rings is 3. The van der Waals surface area contributed by atoms with E-state index in [0.29, 0.717) is 0 Å². The molecule has 3 aromatic rings. The Morgan fingerprint density at radius 3 is 1.97 bits per heavy atom. The minimum absolute atomic E-state index is 0.00147. The van der Waals surface area contributed by atoms with Crippen molar-refractivity contribution in [3.63, 3.8) is 0 Å². The number of Topliss-reactive ketones (excluding diaryl/α,β-unsaturated/α-hetero) is 1. The predicted molar refractivity (Wildman–Crippen MR) is 142 cm³/mol. The average molecular weight is 471 g/mol. The third-order valence-electron chi connectivity index (χ3n) is 6.71. The highest BCUT2D eigenvalue weighted by molar-refractivity contribution is 7.00. The molecule has 34 heavy (non-hydrogen) atoms. The maximum absolute atomic E-state index is 12.0. The van der Waals surface area contributed by atoms with E-state index in [1.807, 2.05) is 12.1 Å². The quantitative estimate of drug-likeness (QED) is 0.342. The van der Waals surface area contributed by atoms with E-state index >= 15 is 0 Å². The topological polar surface area (TPSA) is 35.5 Å². The van der Waals surface area contributed by atoms with Gasteiger partial charge in [0.15, 0.2) is 11.9 Å². The van der Waals surface area contributed by atoms with Gasteiger partial charge in [0.1, 0.15) is 11.5 Å². The van der Waals surface area contributed by atoms with Crippen LogP contribution >= 0.6 is 0 Å². The fraction of sp³-hybridized carbons (Fsp3) is 0.300. The largest absolute Gasteiger partial charge is 0.534 e. The molecule has 0 radical (unpaired) electrons. The molecule has 0 bridgehead atoms. The van der Waals surface area contributed by atoms with Crippen molar-refractivity contribution in [2.24, 2.45) is 0 Å². The second-order valence-corrected chi connectivity index (χ2v) is 14.5. The molecule has 4 rings (SSSR count). The van der Waals surface area contributed by atoms with Crippen LogP contribution in [0.1, 0.15) is 51.7 Å². The molecular weight excluding hydrogens is 436 g/mol. The molecule has 176 valence electrons. The van der Waals surface area contributed by atoms with E-state index in [0.717, 1.165) is 22.6 Å². The lowest BCUT2D eigenvalue weighted by Gasteiger charge is -2.43. The van der Waals surface area contributed by atoms with Gasteiger partial charge < -0.3 is 9.16 Å². The van der Waals surface area contributed by atoms with Gasteiger partial charge in [-0.05, 0) is 53.0 Å². The first-order chi connectivity index (χ1) is 16.1. The summed E-state index contributed by atoms with van der Waals surface area (Å²) in [6, 6.07) is 25.5. The van der Waals surface area contributed by atoms with Gasteiger partial charge in [-0.25, -0.2) is 0 Å². The van der Waals surface area contributed by atoms with Gasteiger partial charge in [0.25, 0.3) is 0 Å². The number of ketones is 1. The molecule has 0 saturated carbocycles. The lowest BCUT2D eigenvalue weighted by molar-refractivity contribution is -0.121. The number of aryl methyl sites for hydroxylation is 1. The zero-order chi connectivity index (χ0) is 24.5. The molecule has 0 saturated heterocycles. The summed E-state index contributed by atoms with van der Waals surface area (Å²) in [5.74, 6) is 1.74. The molecule has 1 heterocycles. The number of rotatable bonds is 5. The Balaban J connectivity index is 1.90. The fourth-order valence-corrected chi connectivity index (χ4v) is 9.31. The van der Waals surface area contributed by atoms with E-state index in [2.05, 4.69) is 107 Å². The first-order valence-corrected chi connectivity index (χ1v) is 13.8. The van der Waals surface area contributed by atoms with E-state index in [9.17, 15) is 4.79 Å². The zero-order valence-corrected chi connectivity index (χ0v) is 22.0. The van der Waals surface area contributed by atoms with Crippen molar-refractivity contribution in [2.45, 2.75) is 58.6 Å². The summed E-state index contributed by atoms with van der Waals surface area (Å²) in [4.78, 5) is 12.0. The number of hydrogen-bond donors (Lipinski definition) is 0. The van der Waals surface area contributed by atoms with Crippen molar-refractivity contribution < 1.29 is 14.0 Å². The summed E-state index contributed by atoms with van der Waals surface area (Å²) >= 11 is 0. The van der Waals surface area contributed by atoms with Crippen molar-refractivity contribution in [3.05, 3.63) is 96.1 Å². The van der Waals surface area contributed by atoms with Crippen LogP contribution in [0.25, 0.3) is 0 Å². The smallest absolute Gasteiger partial charge is 0.319 e. The number of hydrogen-bond acceptors (Lipinski definition) is 3. The van der Waals surface area contributed by atoms with Crippen LogP contribution in [0.4, 0.5) is 0 Å². The van der Waals surface area contributed by atoms with Gasteiger partial charge >= 0.3 is 8.32 Å². The van der Waals surface area contributed by atoms with Crippen molar-refractivity contribution in [1.82, 2.24) is 0 Å². The SMILES string of the molecule is CC(=O)[C@H]1C=C[C@@H](C)c2cc(O[Si](c3ccccc3)(c3ccccc3)C(C)(C)C)c(C)cc2O1. The lowest BCUT2D eigenvalue weighted by atomic mass is 9.98. The van der Waals surface area contributed by atoms with Crippen LogP contribution in [0.2, 0.25) is 5.04 Å². The Hall–Kier alpha value is -3.11. The second-order valence-electron chi connectivity index (χ2n) is 10.2. The van der Waals surface area contributed by atoms with Crippen LogP contribution < -0.4 is 19.5 Å². The maximum Gasteiger partial charge on any atom is 0.319 e. The van der Waals surface area contributed by atoms with Crippen LogP contribution in [0, 0.1) is 6.92 Å². The third kappa shape index (κ3) is 4.35. The van der Waals surface area contributed by atoms with Gasteiger partial charge in [-0.1, -0.05) is 94.4 Å². The van der Waals surface area contributed by atoms with E-state index < -0.39 is 14.4 Å². The zero-order valence-electron chi connectivity index (χ0n) is 21.0. The predicted octanol–water partition coefficient (Wildman–Crippen LogP) is 5.94. The number of ether oxygens (including phenoxy) is 1. The van der Waals surface area contributed by atoms with E-state index in [1.165, 1.54) is 10.4 Å². The molecule has 0 aliphatic carbocycles. The molecule has 3 aromatic carbocycles. The van der Waals surface area contributed by atoms with Crippen LogP contribution in [-0.4, -0.2) is 20.2 Å². The highest BCUT2D eigenvalue weighted by Gasteiger charge is 2.52. The van der Waals surface area contributed by atoms with E-state index in [4.69, 9.17) is 9.16 Å². The number of carbonyl (C=O) groups excluding carboxylic acids is 1. The Morgan fingerprint density at radius 2 is 1.47 bits per heavy atom. The first-order valence-electron chi connectivity index (χ1n) is 11.9. The van der Waals surface area contributed by atoms with Crippen molar-refractivity contribution in [3.8, 4) is 11.5 Å². The fourth-order valence-electron chi connectivity index (χ4n) is 4.83. The molecule has 1 aliphatic heterocycles. The summed E-state index contributed by atoms with van der Waals surface area (Å²) in [6.45, 7) is 12.6. The van der Waals surface area contributed by atoms with Gasteiger partial charge in [-0.3, -0.25) is 4.79 Å². The molecular formula is C30H34O3Si. The van der Waals surface area contributed by atoms with Crippen molar-refractivity contribution in [1.29, 1.82) is 0 Å². The maximum atomic E-state index is 12.0. The van der Waals surface area contributed by atoms with Crippen molar-refractivity contribution >= 4 is 24.5 Å². The van der Waals surface area contributed by atoms with Crippen LogP contribution in [0.15, 0.2) is 84.9 Å². The second kappa shape index (κ2) is 9.26.